The fraction of sp³-hybridized carbons (Fsp3) is 0.667. The zero-order valence-electron chi connectivity index (χ0n) is 9.99. The lowest BCUT2D eigenvalue weighted by Crippen LogP contribution is -2.16. The van der Waals surface area contributed by atoms with E-state index in [1.54, 1.807) is 7.11 Å². The van der Waals surface area contributed by atoms with Gasteiger partial charge in [0, 0.05) is 18.3 Å². The van der Waals surface area contributed by atoms with E-state index < -0.39 is 0 Å². The van der Waals surface area contributed by atoms with Crippen LogP contribution in [0.15, 0.2) is 6.07 Å². The predicted octanol–water partition coefficient (Wildman–Crippen LogP) is 2.40. The summed E-state index contributed by atoms with van der Waals surface area (Å²) in [6, 6.07) is 1.83. The van der Waals surface area contributed by atoms with Gasteiger partial charge in [0.05, 0.1) is 7.11 Å². The highest BCUT2D eigenvalue weighted by Crippen LogP contribution is 2.29. The molecule has 88 valence electrons. The van der Waals surface area contributed by atoms with Gasteiger partial charge < -0.3 is 10.1 Å². The van der Waals surface area contributed by atoms with Crippen LogP contribution in [0.3, 0.4) is 0 Å². The standard InChI is InChI=1S/C12H19N3O/c1-9-8-11(16-2)15-12(14-9)13-7-6-10-4-3-5-10/h8,10H,3-7H2,1-2H3,(H,13,14,15). The third kappa shape index (κ3) is 2.84. The van der Waals surface area contributed by atoms with Crippen LogP contribution in [0, 0.1) is 12.8 Å². The van der Waals surface area contributed by atoms with E-state index in [1.807, 2.05) is 13.0 Å². The molecule has 1 aliphatic rings. The number of rotatable bonds is 5. The molecule has 0 aliphatic heterocycles. The van der Waals surface area contributed by atoms with Crippen molar-refractivity contribution in [1.29, 1.82) is 0 Å². The first kappa shape index (κ1) is 11.2. The van der Waals surface area contributed by atoms with Crippen molar-refractivity contribution < 1.29 is 4.74 Å². The molecule has 0 radical (unpaired) electrons. The molecule has 0 unspecified atom stereocenters. The zero-order valence-corrected chi connectivity index (χ0v) is 9.99. The summed E-state index contributed by atoms with van der Waals surface area (Å²) < 4.78 is 5.10. The maximum absolute atomic E-state index is 5.10. The number of nitrogens with one attached hydrogen (secondary N) is 1. The van der Waals surface area contributed by atoms with Crippen LogP contribution in [-0.2, 0) is 0 Å². The summed E-state index contributed by atoms with van der Waals surface area (Å²) in [5.74, 6) is 2.22. The van der Waals surface area contributed by atoms with Crippen molar-refractivity contribution in [2.75, 3.05) is 19.0 Å². The average Bonchev–Trinajstić information content (AvgIpc) is 2.21. The van der Waals surface area contributed by atoms with E-state index in [9.17, 15) is 0 Å². The van der Waals surface area contributed by atoms with Gasteiger partial charge in [0.1, 0.15) is 0 Å². The predicted molar refractivity (Wildman–Crippen MR) is 63.8 cm³/mol. The highest BCUT2D eigenvalue weighted by atomic mass is 16.5. The molecule has 16 heavy (non-hydrogen) atoms. The quantitative estimate of drug-likeness (QED) is 0.829. The summed E-state index contributed by atoms with van der Waals surface area (Å²) in [6.07, 6.45) is 5.40. The van der Waals surface area contributed by atoms with Crippen LogP contribution < -0.4 is 10.1 Å². The van der Waals surface area contributed by atoms with Crippen LogP contribution in [0.25, 0.3) is 0 Å². The van der Waals surface area contributed by atoms with Crippen LogP contribution in [0.4, 0.5) is 5.95 Å². The Kier molecular flexibility index (Phi) is 3.59. The van der Waals surface area contributed by atoms with Gasteiger partial charge in [-0.2, -0.15) is 4.98 Å². The van der Waals surface area contributed by atoms with E-state index >= 15 is 0 Å². The Balaban J connectivity index is 1.84. The molecule has 1 aromatic heterocycles. The zero-order chi connectivity index (χ0) is 11.4. The van der Waals surface area contributed by atoms with Crippen LogP contribution in [0.2, 0.25) is 0 Å². The summed E-state index contributed by atoms with van der Waals surface area (Å²) >= 11 is 0. The molecular formula is C12H19N3O. The average molecular weight is 221 g/mol. The maximum Gasteiger partial charge on any atom is 0.226 e. The van der Waals surface area contributed by atoms with Crippen molar-refractivity contribution in [3.63, 3.8) is 0 Å². The largest absolute Gasteiger partial charge is 0.481 e. The summed E-state index contributed by atoms with van der Waals surface area (Å²) in [5.41, 5.74) is 0.929. The van der Waals surface area contributed by atoms with Gasteiger partial charge in [-0.3, -0.25) is 0 Å². The van der Waals surface area contributed by atoms with Gasteiger partial charge in [0.25, 0.3) is 0 Å². The first-order chi connectivity index (χ1) is 7.78. The summed E-state index contributed by atoms with van der Waals surface area (Å²) in [7, 11) is 1.62. The van der Waals surface area contributed by atoms with E-state index in [1.165, 1.54) is 25.7 Å². The third-order valence-corrected chi connectivity index (χ3v) is 3.10. The minimum Gasteiger partial charge on any atom is -0.481 e. The molecule has 0 spiro atoms. The lowest BCUT2D eigenvalue weighted by molar-refractivity contribution is 0.302. The van der Waals surface area contributed by atoms with Crippen molar-refractivity contribution in [3.8, 4) is 5.88 Å². The van der Waals surface area contributed by atoms with Crippen LogP contribution >= 0.6 is 0 Å². The van der Waals surface area contributed by atoms with Gasteiger partial charge in [0.2, 0.25) is 11.8 Å². The fourth-order valence-corrected chi connectivity index (χ4v) is 1.89. The molecule has 4 heteroatoms. The molecule has 4 nitrogen and oxygen atoms in total. The normalized spacial score (nSPS) is 15.6. The molecule has 1 fully saturated rings. The maximum atomic E-state index is 5.10. The summed E-state index contributed by atoms with van der Waals surface area (Å²) in [5, 5.41) is 3.26. The lowest BCUT2D eigenvalue weighted by Gasteiger charge is -2.25. The minimum absolute atomic E-state index is 0.624. The molecule has 0 amide bonds. The second-order valence-corrected chi connectivity index (χ2v) is 4.39. The number of hydrogen-bond acceptors (Lipinski definition) is 4. The first-order valence-corrected chi connectivity index (χ1v) is 5.91. The van der Waals surface area contributed by atoms with Crippen LogP contribution in [-0.4, -0.2) is 23.6 Å². The number of methoxy groups -OCH3 is 1. The van der Waals surface area contributed by atoms with E-state index in [0.717, 1.165) is 18.2 Å². The van der Waals surface area contributed by atoms with Gasteiger partial charge in [-0.25, -0.2) is 4.98 Å². The highest BCUT2D eigenvalue weighted by Gasteiger charge is 2.16. The van der Waals surface area contributed by atoms with Crippen molar-refractivity contribution in [1.82, 2.24) is 9.97 Å². The van der Waals surface area contributed by atoms with Gasteiger partial charge in [0.15, 0.2) is 0 Å². The monoisotopic (exact) mass is 221 g/mol. The summed E-state index contributed by atoms with van der Waals surface area (Å²) in [4.78, 5) is 8.57. The number of hydrogen-bond donors (Lipinski definition) is 1. The Bertz CT molecular complexity index is 350. The summed E-state index contributed by atoms with van der Waals surface area (Å²) in [6.45, 7) is 2.90. The van der Waals surface area contributed by atoms with Gasteiger partial charge >= 0.3 is 0 Å². The number of nitrogens with zero attached hydrogens (tertiary/aromatic N) is 2. The van der Waals surface area contributed by atoms with Crippen molar-refractivity contribution >= 4 is 5.95 Å². The van der Waals surface area contributed by atoms with Gasteiger partial charge in [-0.1, -0.05) is 19.3 Å². The van der Waals surface area contributed by atoms with Crippen molar-refractivity contribution in [2.24, 2.45) is 5.92 Å². The lowest BCUT2D eigenvalue weighted by atomic mass is 9.83. The molecule has 1 aliphatic carbocycles. The molecule has 0 aromatic carbocycles. The molecule has 0 saturated heterocycles. The highest BCUT2D eigenvalue weighted by molar-refractivity contribution is 5.30. The topological polar surface area (TPSA) is 47.0 Å². The molecule has 0 bridgehead atoms. The van der Waals surface area contributed by atoms with Crippen molar-refractivity contribution in [2.45, 2.75) is 32.6 Å². The van der Waals surface area contributed by atoms with Gasteiger partial charge in [-0.15, -0.1) is 0 Å². The number of anilines is 1. The Morgan fingerprint density at radius 2 is 2.25 bits per heavy atom. The van der Waals surface area contributed by atoms with Crippen molar-refractivity contribution in [3.05, 3.63) is 11.8 Å². The fourth-order valence-electron chi connectivity index (χ4n) is 1.89. The van der Waals surface area contributed by atoms with Crippen LogP contribution in [0.5, 0.6) is 5.88 Å². The number of aryl methyl sites for hydroxylation is 1. The SMILES string of the molecule is COc1cc(C)nc(NCCC2CCC2)n1. The Morgan fingerprint density at radius 1 is 1.44 bits per heavy atom. The molecule has 1 N–H and O–H groups in total. The number of ether oxygens (including phenoxy) is 1. The Hall–Kier alpha value is -1.32. The molecular weight excluding hydrogens is 202 g/mol. The van der Waals surface area contributed by atoms with E-state index in [4.69, 9.17) is 4.74 Å². The smallest absolute Gasteiger partial charge is 0.226 e. The second kappa shape index (κ2) is 5.14. The van der Waals surface area contributed by atoms with E-state index in [2.05, 4.69) is 15.3 Å². The van der Waals surface area contributed by atoms with E-state index in [0.29, 0.717) is 11.8 Å². The molecule has 1 aromatic rings. The van der Waals surface area contributed by atoms with Crippen LogP contribution in [0.1, 0.15) is 31.4 Å². The molecule has 0 atom stereocenters. The second-order valence-electron chi connectivity index (χ2n) is 4.39. The Morgan fingerprint density at radius 3 is 2.88 bits per heavy atom. The first-order valence-electron chi connectivity index (χ1n) is 5.91. The molecule has 1 heterocycles. The van der Waals surface area contributed by atoms with Gasteiger partial charge in [-0.05, 0) is 19.3 Å². The molecule has 1 saturated carbocycles. The Labute approximate surface area is 96.4 Å². The number of aromatic nitrogens is 2. The van der Waals surface area contributed by atoms with E-state index in [-0.39, 0.29) is 0 Å². The third-order valence-electron chi connectivity index (χ3n) is 3.10. The molecule has 2 rings (SSSR count). The minimum atomic E-state index is 0.624.